The lowest BCUT2D eigenvalue weighted by molar-refractivity contribution is 0.00326. The summed E-state index contributed by atoms with van der Waals surface area (Å²) in [6.45, 7) is 0.119. The second-order valence-corrected chi connectivity index (χ2v) is 4.63. The quantitative estimate of drug-likeness (QED) is 0.752. The van der Waals surface area contributed by atoms with Crippen molar-refractivity contribution in [1.82, 2.24) is 9.80 Å². The molecular formula is C13H16N2O5. The van der Waals surface area contributed by atoms with E-state index in [4.69, 9.17) is 5.11 Å². The molecule has 1 aromatic carbocycles. The minimum absolute atomic E-state index is 0.0440. The number of carboxylic acid groups (broad SMARTS) is 2. The maximum absolute atomic E-state index is 11.2. The van der Waals surface area contributed by atoms with Gasteiger partial charge in [-0.2, -0.15) is 0 Å². The molecule has 108 valence electrons. The molecule has 0 aliphatic carbocycles. The Kier molecular flexibility index (Phi) is 4.09. The number of piperazine rings is 1. The number of aliphatic hydroxyl groups excluding tert-OH is 1. The summed E-state index contributed by atoms with van der Waals surface area (Å²) in [5.41, 5.74) is 0.566. The first kappa shape index (κ1) is 14.1. The van der Waals surface area contributed by atoms with Crippen LogP contribution in [-0.4, -0.2) is 63.0 Å². The van der Waals surface area contributed by atoms with E-state index in [1.54, 1.807) is 30.3 Å². The zero-order chi connectivity index (χ0) is 14.7. The second kappa shape index (κ2) is 5.79. The predicted octanol–water partition coefficient (Wildman–Crippen LogP) is 1.06. The summed E-state index contributed by atoms with van der Waals surface area (Å²) in [7, 11) is 0. The van der Waals surface area contributed by atoms with Crippen molar-refractivity contribution in [3.05, 3.63) is 35.9 Å². The first-order valence-electron chi connectivity index (χ1n) is 6.21. The molecule has 20 heavy (non-hydrogen) atoms. The van der Waals surface area contributed by atoms with Crippen LogP contribution < -0.4 is 0 Å². The van der Waals surface area contributed by atoms with E-state index in [1.807, 2.05) is 0 Å². The van der Waals surface area contributed by atoms with Gasteiger partial charge in [-0.05, 0) is 5.56 Å². The van der Waals surface area contributed by atoms with Gasteiger partial charge in [0, 0.05) is 19.6 Å². The van der Waals surface area contributed by atoms with E-state index in [0.717, 1.165) is 9.80 Å². The molecule has 3 N–H and O–H groups in total. The van der Waals surface area contributed by atoms with Crippen LogP contribution in [0, 0.1) is 0 Å². The molecule has 1 fully saturated rings. The first-order chi connectivity index (χ1) is 9.50. The summed E-state index contributed by atoms with van der Waals surface area (Å²) in [6, 6.07) is 7.83. The molecule has 1 aliphatic rings. The average molecular weight is 280 g/mol. The van der Waals surface area contributed by atoms with Gasteiger partial charge >= 0.3 is 12.2 Å². The van der Waals surface area contributed by atoms with Crippen LogP contribution in [0.3, 0.4) is 0 Å². The smallest absolute Gasteiger partial charge is 0.407 e. The summed E-state index contributed by atoms with van der Waals surface area (Å²) in [5, 5.41) is 28.5. The van der Waals surface area contributed by atoms with Crippen molar-refractivity contribution in [2.75, 3.05) is 19.6 Å². The molecule has 2 rings (SSSR count). The highest BCUT2D eigenvalue weighted by Crippen LogP contribution is 2.24. The fourth-order valence-electron chi connectivity index (χ4n) is 2.36. The summed E-state index contributed by atoms with van der Waals surface area (Å²) in [5.74, 6) is 0. The third-order valence-corrected chi connectivity index (χ3v) is 3.44. The van der Waals surface area contributed by atoms with Crippen molar-refractivity contribution in [2.24, 2.45) is 0 Å². The number of rotatable bonds is 2. The van der Waals surface area contributed by atoms with Gasteiger partial charge in [-0.3, -0.25) is 4.90 Å². The number of aliphatic hydroxyl groups is 1. The van der Waals surface area contributed by atoms with Gasteiger partial charge in [-0.25, -0.2) is 9.59 Å². The van der Waals surface area contributed by atoms with E-state index < -0.39 is 24.3 Å². The van der Waals surface area contributed by atoms with Gasteiger partial charge in [0.25, 0.3) is 0 Å². The molecule has 1 aromatic rings. The van der Waals surface area contributed by atoms with Gasteiger partial charge < -0.3 is 20.2 Å². The van der Waals surface area contributed by atoms with Gasteiger partial charge in [0.05, 0.1) is 6.04 Å². The van der Waals surface area contributed by atoms with Gasteiger partial charge in [-0.15, -0.1) is 0 Å². The lowest BCUT2D eigenvalue weighted by atomic mass is 9.99. The largest absolute Gasteiger partial charge is 0.465 e. The Morgan fingerprint density at radius 1 is 1.10 bits per heavy atom. The summed E-state index contributed by atoms with van der Waals surface area (Å²) in [6.07, 6.45) is -3.33. The molecule has 0 saturated carbocycles. The molecule has 0 spiro atoms. The summed E-state index contributed by atoms with van der Waals surface area (Å²) in [4.78, 5) is 24.5. The second-order valence-electron chi connectivity index (χ2n) is 4.63. The highest BCUT2D eigenvalue weighted by Gasteiger charge is 2.37. The minimum Gasteiger partial charge on any atom is -0.465 e. The maximum Gasteiger partial charge on any atom is 0.407 e. The van der Waals surface area contributed by atoms with Gasteiger partial charge in [0.1, 0.15) is 6.10 Å². The summed E-state index contributed by atoms with van der Waals surface area (Å²) >= 11 is 0. The zero-order valence-corrected chi connectivity index (χ0v) is 10.7. The fraction of sp³-hybridized carbons (Fsp3) is 0.385. The molecule has 7 nitrogen and oxygen atoms in total. The highest BCUT2D eigenvalue weighted by molar-refractivity contribution is 5.68. The Hall–Kier alpha value is -2.28. The van der Waals surface area contributed by atoms with Crippen LogP contribution in [0.5, 0.6) is 0 Å². The summed E-state index contributed by atoms with van der Waals surface area (Å²) < 4.78 is 0. The molecule has 0 radical (unpaired) electrons. The lowest BCUT2D eigenvalue weighted by Crippen LogP contribution is -2.58. The van der Waals surface area contributed by atoms with Crippen LogP contribution in [0.25, 0.3) is 0 Å². The van der Waals surface area contributed by atoms with Gasteiger partial charge in [-0.1, -0.05) is 30.3 Å². The third-order valence-electron chi connectivity index (χ3n) is 3.44. The molecule has 1 aliphatic heterocycles. The normalized spacial score (nSPS) is 20.6. The van der Waals surface area contributed by atoms with Crippen molar-refractivity contribution in [2.45, 2.75) is 12.1 Å². The topological polar surface area (TPSA) is 101 Å². The van der Waals surface area contributed by atoms with Crippen molar-refractivity contribution in [1.29, 1.82) is 0 Å². The minimum atomic E-state index is -1.16. The molecule has 1 saturated heterocycles. The van der Waals surface area contributed by atoms with Crippen molar-refractivity contribution >= 4 is 12.2 Å². The van der Waals surface area contributed by atoms with Gasteiger partial charge in [0.2, 0.25) is 0 Å². The molecule has 0 bridgehead atoms. The Balaban J connectivity index is 2.23. The Labute approximate surface area is 115 Å². The molecule has 2 atom stereocenters. The molecule has 1 unspecified atom stereocenters. The standard InChI is InChI=1S/C13H16N2O5/c16-11(9-4-2-1-3-5-9)10-8-14(12(17)18)6-7-15(10)13(19)20/h1-5,10-11,16H,6-8H2,(H,17,18)(H,19,20)/t10?,11-/m1/s1. The SMILES string of the molecule is O=C(O)N1CCN(C(=O)O)C([C@H](O)c2ccccc2)C1. The third kappa shape index (κ3) is 2.83. The molecule has 0 aromatic heterocycles. The molecule has 1 heterocycles. The van der Waals surface area contributed by atoms with Crippen LogP contribution in [0.15, 0.2) is 30.3 Å². The first-order valence-corrected chi connectivity index (χ1v) is 6.21. The molecule has 7 heteroatoms. The number of carbonyl (C=O) groups is 2. The lowest BCUT2D eigenvalue weighted by Gasteiger charge is -2.40. The highest BCUT2D eigenvalue weighted by atomic mass is 16.4. The average Bonchev–Trinajstić information content (AvgIpc) is 2.46. The van der Waals surface area contributed by atoms with Crippen molar-refractivity contribution in [3.8, 4) is 0 Å². The van der Waals surface area contributed by atoms with Crippen LogP contribution in [0.4, 0.5) is 9.59 Å². The molecular weight excluding hydrogens is 264 g/mol. The zero-order valence-electron chi connectivity index (χ0n) is 10.7. The number of hydrogen-bond acceptors (Lipinski definition) is 3. The van der Waals surface area contributed by atoms with E-state index in [1.165, 1.54) is 0 Å². The predicted molar refractivity (Wildman–Crippen MR) is 69.5 cm³/mol. The van der Waals surface area contributed by atoms with Crippen LogP contribution in [0.1, 0.15) is 11.7 Å². The fourth-order valence-corrected chi connectivity index (χ4v) is 2.36. The number of hydrogen-bond donors (Lipinski definition) is 3. The Bertz CT molecular complexity index is 493. The van der Waals surface area contributed by atoms with Crippen LogP contribution in [-0.2, 0) is 0 Å². The van der Waals surface area contributed by atoms with E-state index in [-0.39, 0.29) is 19.6 Å². The Morgan fingerprint density at radius 3 is 2.30 bits per heavy atom. The van der Waals surface area contributed by atoms with E-state index in [9.17, 15) is 19.8 Å². The monoisotopic (exact) mass is 280 g/mol. The number of benzene rings is 1. The Morgan fingerprint density at radius 2 is 1.75 bits per heavy atom. The number of amides is 2. The van der Waals surface area contributed by atoms with Crippen LogP contribution >= 0.6 is 0 Å². The number of nitrogens with zero attached hydrogens (tertiary/aromatic N) is 2. The molecule has 2 amide bonds. The maximum atomic E-state index is 11.2. The van der Waals surface area contributed by atoms with E-state index >= 15 is 0 Å². The van der Waals surface area contributed by atoms with Crippen LogP contribution in [0.2, 0.25) is 0 Å². The van der Waals surface area contributed by atoms with Crippen molar-refractivity contribution in [3.63, 3.8) is 0 Å². The van der Waals surface area contributed by atoms with Crippen molar-refractivity contribution < 1.29 is 24.9 Å². The van der Waals surface area contributed by atoms with Gasteiger partial charge in [0.15, 0.2) is 0 Å². The van der Waals surface area contributed by atoms with E-state index in [0.29, 0.717) is 5.56 Å². The van der Waals surface area contributed by atoms with E-state index in [2.05, 4.69) is 0 Å².